The Bertz CT molecular complexity index is 711. The molecule has 1 amide bonds. The van der Waals surface area contributed by atoms with E-state index >= 15 is 0 Å². The summed E-state index contributed by atoms with van der Waals surface area (Å²) < 4.78 is 1.74. The van der Waals surface area contributed by atoms with Crippen molar-refractivity contribution >= 4 is 29.3 Å². The molecule has 2 N–H and O–H groups in total. The van der Waals surface area contributed by atoms with Crippen LogP contribution in [-0.2, 0) is 4.79 Å². The molecule has 0 aliphatic carbocycles. The van der Waals surface area contributed by atoms with Crippen LogP contribution in [0.4, 0.5) is 5.82 Å². The summed E-state index contributed by atoms with van der Waals surface area (Å²) in [4.78, 5) is 25.0. The van der Waals surface area contributed by atoms with Crippen LogP contribution in [0.1, 0.15) is 12.1 Å². The second kappa shape index (κ2) is 7.35. The van der Waals surface area contributed by atoms with Crippen molar-refractivity contribution in [3.63, 3.8) is 0 Å². The lowest BCUT2D eigenvalue weighted by molar-refractivity contribution is -0.132. The molecule has 24 heavy (non-hydrogen) atoms. The highest BCUT2D eigenvalue weighted by atomic mass is 32.2. The van der Waals surface area contributed by atoms with Crippen molar-refractivity contribution in [1.29, 1.82) is 0 Å². The zero-order chi connectivity index (χ0) is 17.1. The molecular formula is C15H23N7OS. The second-order valence-corrected chi connectivity index (χ2v) is 6.91. The van der Waals surface area contributed by atoms with Crippen LogP contribution in [0.15, 0.2) is 12.4 Å². The van der Waals surface area contributed by atoms with Crippen molar-refractivity contribution in [2.45, 2.75) is 19.4 Å². The standard InChI is InChI=1S/C15H23N7OS/c1-11-9-13(22-15(19-11)17-10-18-22)20-4-6-21(7-5-20)14(23)12(16)3-8-24-2/h9-10,12H,3-8,16H2,1-2H3/t12-/m0/s1. The maximum Gasteiger partial charge on any atom is 0.254 e. The molecule has 2 aromatic rings. The van der Waals surface area contributed by atoms with Gasteiger partial charge in [-0.3, -0.25) is 4.79 Å². The van der Waals surface area contributed by atoms with Crippen LogP contribution in [0.25, 0.3) is 5.78 Å². The first-order valence-corrected chi connectivity index (χ1v) is 9.45. The minimum absolute atomic E-state index is 0.0560. The largest absolute Gasteiger partial charge is 0.353 e. The molecule has 0 aromatic carbocycles. The van der Waals surface area contributed by atoms with Crippen LogP contribution in [0, 0.1) is 6.92 Å². The maximum absolute atomic E-state index is 12.4. The molecule has 0 bridgehead atoms. The van der Waals surface area contributed by atoms with Crippen molar-refractivity contribution in [1.82, 2.24) is 24.5 Å². The lowest BCUT2D eigenvalue weighted by Crippen LogP contribution is -2.53. The van der Waals surface area contributed by atoms with E-state index < -0.39 is 6.04 Å². The number of rotatable bonds is 5. The van der Waals surface area contributed by atoms with E-state index in [0.717, 1.165) is 36.8 Å². The van der Waals surface area contributed by atoms with Crippen LogP contribution in [0.3, 0.4) is 0 Å². The Morgan fingerprint density at radius 1 is 1.38 bits per heavy atom. The predicted octanol–water partition coefficient (Wildman–Crippen LogP) is 0.162. The molecule has 1 aliphatic heterocycles. The van der Waals surface area contributed by atoms with Gasteiger partial charge < -0.3 is 15.5 Å². The molecule has 130 valence electrons. The van der Waals surface area contributed by atoms with E-state index in [1.165, 1.54) is 6.33 Å². The van der Waals surface area contributed by atoms with Crippen molar-refractivity contribution in [3.8, 4) is 0 Å². The zero-order valence-corrected chi connectivity index (χ0v) is 14.9. The van der Waals surface area contributed by atoms with Crippen molar-refractivity contribution in [2.24, 2.45) is 5.73 Å². The van der Waals surface area contributed by atoms with E-state index in [4.69, 9.17) is 5.73 Å². The first-order chi connectivity index (χ1) is 11.6. The van der Waals surface area contributed by atoms with E-state index in [1.807, 2.05) is 24.1 Å². The highest BCUT2D eigenvalue weighted by Gasteiger charge is 2.26. The Labute approximate surface area is 145 Å². The van der Waals surface area contributed by atoms with E-state index in [2.05, 4.69) is 20.0 Å². The van der Waals surface area contributed by atoms with Gasteiger partial charge in [-0.25, -0.2) is 4.98 Å². The number of piperazine rings is 1. The van der Waals surface area contributed by atoms with Gasteiger partial charge in [0.25, 0.3) is 5.78 Å². The number of thioether (sulfide) groups is 1. The lowest BCUT2D eigenvalue weighted by atomic mass is 10.2. The predicted molar refractivity (Wildman–Crippen MR) is 95.3 cm³/mol. The molecule has 1 fully saturated rings. The highest BCUT2D eigenvalue weighted by molar-refractivity contribution is 7.98. The maximum atomic E-state index is 12.4. The van der Waals surface area contributed by atoms with Crippen molar-refractivity contribution in [2.75, 3.05) is 43.1 Å². The van der Waals surface area contributed by atoms with Crippen LogP contribution >= 0.6 is 11.8 Å². The molecule has 1 saturated heterocycles. The van der Waals surface area contributed by atoms with E-state index in [9.17, 15) is 4.79 Å². The van der Waals surface area contributed by atoms with Gasteiger partial charge in [0.15, 0.2) is 0 Å². The van der Waals surface area contributed by atoms with Gasteiger partial charge in [-0.1, -0.05) is 0 Å². The number of anilines is 1. The molecular weight excluding hydrogens is 326 g/mol. The van der Waals surface area contributed by atoms with Gasteiger partial charge in [0.1, 0.15) is 12.1 Å². The molecule has 8 nitrogen and oxygen atoms in total. The average Bonchev–Trinajstić information content (AvgIpc) is 3.06. The number of aromatic nitrogens is 4. The smallest absolute Gasteiger partial charge is 0.254 e. The van der Waals surface area contributed by atoms with Gasteiger partial charge in [-0.2, -0.15) is 26.4 Å². The number of fused-ring (bicyclic) bond motifs is 1. The number of nitrogens with two attached hydrogens (primary N) is 1. The molecule has 9 heteroatoms. The molecule has 3 heterocycles. The minimum atomic E-state index is -0.394. The SMILES string of the molecule is CSCC[C@H](N)C(=O)N1CCN(c2cc(C)nc3ncnn23)CC1. The summed E-state index contributed by atoms with van der Waals surface area (Å²) in [6, 6.07) is 1.61. The quantitative estimate of drug-likeness (QED) is 0.822. The third-order valence-electron chi connectivity index (χ3n) is 4.23. The van der Waals surface area contributed by atoms with Crippen LogP contribution in [-0.4, -0.2) is 74.6 Å². The van der Waals surface area contributed by atoms with Crippen LogP contribution < -0.4 is 10.6 Å². The number of hydrogen-bond acceptors (Lipinski definition) is 7. The fourth-order valence-electron chi connectivity index (χ4n) is 2.90. The number of hydrogen-bond donors (Lipinski definition) is 1. The Kier molecular flexibility index (Phi) is 5.20. The zero-order valence-electron chi connectivity index (χ0n) is 14.1. The summed E-state index contributed by atoms with van der Waals surface area (Å²) in [6.45, 7) is 4.79. The van der Waals surface area contributed by atoms with Crippen molar-refractivity contribution in [3.05, 3.63) is 18.1 Å². The first kappa shape index (κ1) is 17.0. The van der Waals surface area contributed by atoms with Gasteiger partial charge in [0.2, 0.25) is 5.91 Å². The summed E-state index contributed by atoms with van der Waals surface area (Å²) in [5.74, 6) is 2.53. The van der Waals surface area contributed by atoms with Gasteiger partial charge in [0, 0.05) is 37.9 Å². The van der Waals surface area contributed by atoms with Gasteiger partial charge in [-0.15, -0.1) is 0 Å². The third kappa shape index (κ3) is 3.46. The minimum Gasteiger partial charge on any atom is -0.353 e. The molecule has 0 spiro atoms. The Morgan fingerprint density at radius 3 is 2.83 bits per heavy atom. The first-order valence-electron chi connectivity index (χ1n) is 8.06. The molecule has 0 radical (unpaired) electrons. The van der Waals surface area contributed by atoms with E-state index in [1.54, 1.807) is 16.3 Å². The third-order valence-corrected chi connectivity index (χ3v) is 4.87. The molecule has 1 atom stereocenters. The summed E-state index contributed by atoms with van der Waals surface area (Å²) >= 11 is 1.71. The summed E-state index contributed by atoms with van der Waals surface area (Å²) in [6.07, 6.45) is 4.26. The fraction of sp³-hybridized carbons (Fsp3) is 0.600. The lowest BCUT2D eigenvalue weighted by Gasteiger charge is -2.37. The van der Waals surface area contributed by atoms with Gasteiger partial charge >= 0.3 is 0 Å². The van der Waals surface area contributed by atoms with Crippen molar-refractivity contribution < 1.29 is 4.79 Å². The molecule has 2 aromatic heterocycles. The Morgan fingerprint density at radius 2 is 2.12 bits per heavy atom. The normalized spacial score (nSPS) is 16.6. The van der Waals surface area contributed by atoms with Crippen LogP contribution in [0.2, 0.25) is 0 Å². The summed E-state index contributed by atoms with van der Waals surface area (Å²) in [5, 5.41) is 4.25. The number of nitrogens with zero attached hydrogens (tertiary/aromatic N) is 6. The topological polar surface area (TPSA) is 92.7 Å². The van der Waals surface area contributed by atoms with E-state index in [-0.39, 0.29) is 5.91 Å². The number of amides is 1. The summed E-state index contributed by atoms with van der Waals surface area (Å²) in [7, 11) is 0. The fourth-order valence-corrected chi connectivity index (χ4v) is 3.38. The highest BCUT2D eigenvalue weighted by Crippen LogP contribution is 2.18. The summed E-state index contributed by atoms with van der Waals surface area (Å²) in [5.41, 5.74) is 6.92. The Hall–Kier alpha value is -1.87. The molecule has 1 aliphatic rings. The second-order valence-electron chi connectivity index (χ2n) is 5.93. The number of carbonyl (C=O) groups is 1. The number of carbonyl (C=O) groups excluding carboxylic acids is 1. The number of aryl methyl sites for hydroxylation is 1. The molecule has 0 saturated carbocycles. The van der Waals surface area contributed by atoms with Gasteiger partial charge in [0.05, 0.1) is 6.04 Å². The van der Waals surface area contributed by atoms with Gasteiger partial charge in [-0.05, 0) is 25.4 Å². The average molecular weight is 349 g/mol. The monoisotopic (exact) mass is 349 g/mol. The molecule has 3 rings (SSSR count). The molecule has 0 unspecified atom stereocenters. The van der Waals surface area contributed by atoms with E-state index in [0.29, 0.717) is 18.9 Å². The Balaban J connectivity index is 1.66. The van der Waals surface area contributed by atoms with Crippen LogP contribution in [0.5, 0.6) is 0 Å².